The first-order valence-corrected chi connectivity index (χ1v) is 8.33. The molecule has 124 valence electrons. The second kappa shape index (κ2) is 6.71. The Balaban J connectivity index is 1.51. The number of Topliss-reactive ketones (excluding diaryl/α,β-unsaturated/α-hetero) is 1. The molecule has 0 spiro atoms. The smallest absolute Gasteiger partial charge is 0.228 e. The molecule has 2 atom stereocenters. The number of hydrogen-bond donors (Lipinski definition) is 1. The highest BCUT2D eigenvalue weighted by atomic mass is 16.5. The van der Waals surface area contributed by atoms with E-state index in [9.17, 15) is 14.7 Å². The van der Waals surface area contributed by atoms with Crippen molar-refractivity contribution in [3.63, 3.8) is 0 Å². The second-order valence-electron chi connectivity index (χ2n) is 6.35. The number of piperidine rings is 1. The Morgan fingerprint density at radius 2 is 1.87 bits per heavy atom. The van der Waals surface area contributed by atoms with Crippen molar-refractivity contribution in [2.24, 2.45) is 11.8 Å². The maximum absolute atomic E-state index is 12.5. The quantitative estimate of drug-likeness (QED) is 0.846. The average molecular weight is 317 g/mol. The van der Waals surface area contributed by atoms with Gasteiger partial charge in [0.1, 0.15) is 5.75 Å². The zero-order valence-electron chi connectivity index (χ0n) is 13.4. The van der Waals surface area contributed by atoms with E-state index in [0.29, 0.717) is 38.1 Å². The van der Waals surface area contributed by atoms with E-state index in [4.69, 9.17) is 4.74 Å². The molecule has 5 heteroatoms. The predicted molar refractivity (Wildman–Crippen MR) is 85.3 cm³/mol. The van der Waals surface area contributed by atoms with Crippen molar-refractivity contribution in [2.75, 3.05) is 19.7 Å². The van der Waals surface area contributed by atoms with Crippen molar-refractivity contribution in [3.8, 4) is 5.75 Å². The predicted octanol–water partition coefficient (Wildman–Crippen LogP) is 2.24. The summed E-state index contributed by atoms with van der Waals surface area (Å²) in [6.07, 6.45) is 2.34. The van der Waals surface area contributed by atoms with Gasteiger partial charge in [0.05, 0.1) is 12.0 Å². The monoisotopic (exact) mass is 317 g/mol. The van der Waals surface area contributed by atoms with E-state index in [1.165, 1.54) is 12.1 Å². The summed E-state index contributed by atoms with van der Waals surface area (Å²) < 4.78 is 5.48. The van der Waals surface area contributed by atoms with Gasteiger partial charge in [-0.05, 0) is 50.5 Å². The van der Waals surface area contributed by atoms with Gasteiger partial charge in [0.15, 0.2) is 5.78 Å². The van der Waals surface area contributed by atoms with E-state index in [-0.39, 0.29) is 35.4 Å². The van der Waals surface area contributed by atoms with E-state index in [0.717, 1.165) is 6.42 Å². The lowest BCUT2D eigenvalue weighted by molar-refractivity contribution is -0.134. The van der Waals surface area contributed by atoms with E-state index < -0.39 is 0 Å². The zero-order chi connectivity index (χ0) is 16.4. The van der Waals surface area contributed by atoms with Crippen molar-refractivity contribution < 1.29 is 19.4 Å². The first-order valence-electron chi connectivity index (χ1n) is 8.33. The first-order chi connectivity index (χ1) is 11.1. The van der Waals surface area contributed by atoms with Gasteiger partial charge in [-0.3, -0.25) is 9.59 Å². The molecule has 23 heavy (non-hydrogen) atoms. The molecule has 5 nitrogen and oxygen atoms in total. The number of rotatable bonds is 5. The van der Waals surface area contributed by atoms with Crippen LogP contribution < -0.4 is 0 Å². The fourth-order valence-electron chi connectivity index (χ4n) is 3.29. The summed E-state index contributed by atoms with van der Waals surface area (Å²) in [5.41, 5.74) is 0.631. The number of phenols is 1. The number of likely N-dealkylation sites (tertiary alicyclic amines) is 1. The minimum absolute atomic E-state index is 0.0271. The average Bonchev–Trinajstić information content (AvgIpc) is 3.34. The molecule has 2 aliphatic rings. The Morgan fingerprint density at radius 3 is 2.48 bits per heavy atom. The normalized spacial score (nSPS) is 24.5. The molecule has 1 heterocycles. The number of hydrogen-bond acceptors (Lipinski definition) is 4. The highest BCUT2D eigenvalue weighted by Crippen LogP contribution is 2.36. The van der Waals surface area contributed by atoms with Gasteiger partial charge in [-0.2, -0.15) is 0 Å². The number of phenolic OH excluding ortho intramolecular Hbond substituents is 1. The summed E-state index contributed by atoms with van der Waals surface area (Å²) in [6.45, 7) is 3.88. The Kier molecular flexibility index (Phi) is 4.66. The van der Waals surface area contributed by atoms with E-state index in [1.54, 1.807) is 12.1 Å². The molecule has 2 unspecified atom stereocenters. The number of benzene rings is 1. The summed E-state index contributed by atoms with van der Waals surface area (Å²) in [5.74, 6) is 0.440. The minimum atomic E-state index is -0.0366. The fraction of sp³-hybridized carbons (Fsp3) is 0.556. The van der Waals surface area contributed by atoms with Crippen molar-refractivity contribution in [1.29, 1.82) is 0 Å². The molecule has 1 aromatic carbocycles. The van der Waals surface area contributed by atoms with Crippen LogP contribution in [0.4, 0.5) is 0 Å². The maximum atomic E-state index is 12.5. The molecule has 1 aliphatic heterocycles. The van der Waals surface area contributed by atoms with Crippen molar-refractivity contribution in [1.82, 2.24) is 4.90 Å². The number of amides is 1. The highest BCUT2D eigenvalue weighted by Gasteiger charge is 2.46. The van der Waals surface area contributed by atoms with Crippen LogP contribution >= 0.6 is 0 Å². The molecule has 3 rings (SSSR count). The van der Waals surface area contributed by atoms with Crippen LogP contribution in [0.5, 0.6) is 5.75 Å². The van der Waals surface area contributed by atoms with Gasteiger partial charge >= 0.3 is 0 Å². The maximum Gasteiger partial charge on any atom is 0.228 e. The molecular weight excluding hydrogens is 294 g/mol. The van der Waals surface area contributed by atoms with Crippen LogP contribution in [0.25, 0.3) is 0 Å². The fourth-order valence-corrected chi connectivity index (χ4v) is 3.29. The van der Waals surface area contributed by atoms with Crippen LogP contribution in [0.2, 0.25) is 0 Å². The number of ketones is 1. The van der Waals surface area contributed by atoms with Crippen LogP contribution in [-0.4, -0.2) is 47.5 Å². The number of ether oxygens (including phenoxy) is 1. The molecule has 0 aromatic heterocycles. The molecular formula is C18H23NO4. The van der Waals surface area contributed by atoms with Gasteiger partial charge in [0.25, 0.3) is 0 Å². The Bertz CT molecular complexity index is 575. The molecule has 1 amide bonds. The third-order valence-electron chi connectivity index (χ3n) is 4.76. The van der Waals surface area contributed by atoms with Gasteiger partial charge < -0.3 is 14.7 Å². The highest BCUT2D eigenvalue weighted by molar-refractivity contribution is 5.98. The molecule has 1 saturated carbocycles. The van der Waals surface area contributed by atoms with Crippen LogP contribution in [0.3, 0.4) is 0 Å². The molecule has 1 saturated heterocycles. The summed E-state index contributed by atoms with van der Waals surface area (Å²) >= 11 is 0. The van der Waals surface area contributed by atoms with E-state index >= 15 is 0 Å². The van der Waals surface area contributed by atoms with Gasteiger partial charge in [0.2, 0.25) is 5.91 Å². The number of carbonyl (C=O) groups excluding carboxylic acids is 2. The standard InChI is InChI=1S/C18H23NO4/c1-2-23-16-11-15(16)18(22)19-9-7-13(8-10-19)17(21)12-3-5-14(20)6-4-12/h3-6,13,15-16,20H,2,7-11H2,1H3. The second-order valence-corrected chi connectivity index (χ2v) is 6.35. The van der Waals surface area contributed by atoms with Crippen molar-refractivity contribution >= 4 is 11.7 Å². The topological polar surface area (TPSA) is 66.8 Å². The molecule has 0 radical (unpaired) electrons. The lowest BCUT2D eigenvalue weighted by atomic mass is 9.88. The van der Waals surface area contributed by atoms with E-state index in [2.05, 4.69) is 0 Å². The largest absolute Gasteiger partial charge is 0.508 e. The summed E-state index contributed by atoms with van der Waals surface area (Å²) in [5, 5.41) is 9.30. The Morgan fingerprint density at radius 1 is 1.22 bits per heavy atom. The van der Waals surface area contributed by atoms with E-state index in [1.807, 2.05) is 11.8 Å². The molecule has 2 fully saturated rings. The van der Waals surface area contributed by atoms with Crippen LogP contribution in [0.1, 0.15) is 36.5 Å². The lowest BCUT2D eigenvalue weighted by Crippen LogP contribution is -2.41. The number of carbonyl (C=O) groups is 2. The summed E-state index contributed by atoms with van der Waals surface area (Å²) in [7, 11) is 0. The number of aromatic hydroxyl groups is 1. The number of nitrogens with zero attached hydrogens (tertiary/aromatic N) is 1. The van der Waals surface area contributed by atoms with Crippen molar-refractivity contribution in [3.05, 3.63) is 29.8 Å². The van der Waals surface area contributed by atoms with Gasteiger partial charge in [-0.25, -0.2) is 0 Å². The van der Waals surface area contributed by atoms with Crippen LogP contribution in [-0.2, 0) is 9.53 Å². The Hall–Kier alpha value is -1.88. The first kappa shape index (κ1) is 16.0. The van der Waals surface area contributed by atoms with Gasteiger partial charge in [-0.15, -0.1) is 0 Å². The molecule has 1 N–H and O–H groups in total. The summed E-state index contributed by atoms with van der Waals surface area (Å²) in [4.78, 5) is 26.7. The molecule has 1 aromatic rings. The molecule has 1 aliphatic carbocycles. The zero-order valence-corrected chi connectivity index (χ0v) is 13.4. The molecule has 0 bridgehead atoms. The third kappa shape index (κ3) is 3.55. The van der Waals surface area contributed by atoms with Crippen molar-refractivity contribution in [2.45, 2.75) is 32.3 Å². The SMILES string of the molecule is CCOC1CC1C(=O)N1CCC(C(=O)c2ccc(O)cc2)CC1. The Labute approximate surface area is 136 Å². The summed E-state index contributed by atoms with van der Waals surface area (Å²) in [6, 6.07) is 6.39. The van der Waals surface area contributed by atoms with Crippen LogP contribution in [0, 0.1) is 11.8 Å². The van der Waals surface area contributed by atoms with Crippen LogP contribution in [0.15, 0.2) is 24.3 Å². The lowest BCUT2D eigenvalue weighted by Gasteiger charge is -2.31. The van der Waals surface area contributed by atoms with Gasteiger partial charge in [0, 0.05) is 31.2 Å². The third-order valence-corrected chi connectivity index (χ3v) is 4.76. The van der Waals surface area contributed by atoms with Gasteiger partial charge in [-0.1, -0.05) is 0 Å². The minimum Gasteiger partial charge on any atom is -0.508 e.